The van der Waals surface area contributed by atoms with Crippen LogP contribution in [0.1, 0.15) is 29.5 Å². The number of thiazole rings is 1. The fourth-order valence-corrected chi connectivity index (χ4v) is 3.96. The summed E-state index contributed by atoms with van der Waals surface area (Å²) in [6, 6.07) is 9.97. The Bertz CT molecular complexity index is 823. The van der Waals surface area contributed by atoms with E-state index in [9.17, 15) is 4.79 Å². The molecule has 1 saturated carbocycles. The summed E-state index contributed by atoms with van der Waals surface area (Å²) in [7, 11) is 0. The summed E-state index contributed by atoms with van der Waals surface area (Å²) >= 11 is 3.02. The van der Waals surface area contributed by atoms with Gasteiger partial charge in [-0.3, -0.25) is 4.79 Å². The van der Waals surface area contributed by atoms with Crippen LogP contribution in [0.3, 0.4) is 0 Å². The van der Waals surface area contributed by atoms with Gasteiger partial charge in [0.25, 0.3) is 0 Å². The van der Waals surface area contributed by atoms with Crippen molar-refractivity contribution in [1.29, 1.82) is 0 Å². The number of nitrogens with one attached hydrogen (secondary N) is 1. The Hall–Kier alpha value is -2.12. The Morgan fingerprint density at radius 2 is 2.04 bits per heavy atom. The van der Waals surface area contributed by atoms with E-state index in [0.717, 1.165) is 21.3 Å². The van der Waals surface area contributed by atoms with Crippen LogP contribution in [0.15, 0.2) is 35.7 Å². The largest absolute Gasteiger partial charge is 0.300 e. The minimum atomic E-state index is -0.103. The summed E-state index contributed by atoms with van der Waals surface area (Å²) in [5, 5.41) is 15.4. The molecule has 5 nitrogen and oxygen atoms in total. The van der Waals surface area contributed by atoms with Crippen molar-refractivity contribution < 1.29 is 4.79 Å². The molecule has 0 unspecified atom stereocenters. The minimum Gasteiger partial charge on any atom is -0.300 e. The molecule has 0 bridgehead atoms. The number of hydrogen-bond acceptors (Lipinski definition) is 6. The summed E-state index contributed by atoms with van der Waals surface area (Å²) in [6.07, 6.45) is 2.62. The zero-order valence-electron chi connectivity index (χ0n) is 12.2. The van der Waals surface area contributed by atoms with Gasteiger partial charge in [0.05, 0.1) is 12.1 Å². The topological polar surface area (TPSA) is 67.8 Å². The van der Waals surface area contributed by atoms with Gasteiger partial charge in [0.1, 0.15) is 10.0 Å². The van der Waals surface area contributed by atoms with Crippen LogP contribution in [0.25, 0.3) is 10.6 Å². The summed E-state index contributed by atoms with van der Waals surface area (Å²) in [5.74, 6) is 0.457. The molecule has 0 spiro atoms. The van der Waals surface area contributed by atoms with E-state index in [2.05, 4.69) is 20.5 Å². The fourth-order valence-electron chi connectivity index (χ4n) is 2.21. The summed E-state index contributed by atoms with van der Waals surface area (Å²) in [4.78, 5) is 16.6. The molecule has 1 aliphatic carbocycles. The molecule has 1 amide bonds. The normalized spacial score (nSPS) is 13.9. The molecular weight excluding hydrogens is 328 g/mol. The molecule has 1 N–H and O–H groups in total. The van der Waals surface area contributed by atoms with Gasteiger partial charge in [0.15, 0.2) is 0 Å². The van der Waals surface area contributed by atoms with Gasteiger partial charge in [-0.25, -0.2) is 4.98 Å². The van der Waals surface area contributed by atoms with Gasteiger partial charge in [-0.2, -0.15) is 0 Å². The van der Waals surface area contributed by atoms with Gasteiger partial charge in [0, 0.05) is 16.9 Å². The Morgan fingerprint density at radius 1 is 1.22 bits per heavy atom. The molecule has 0 aliphatic heterocycles. The minimum absolute atomic E-state index is 0.103. The Kier molecular flexibility index (Phi) is 3.88. The van der Waals surface area contributed by atoms with Gasteiger partial charge in [0.2, 0.25) is 11.0 Å². The maximum Gasteiger partial charge on any atom is 0.232 e. The van der Waals surface area contributed by atoms with E-state index in [4.69, 9.17) is 0 Å². The second kappa shape index (κ2) is 6.17. The van der Waals surface area contributed by atoms with Crippen LogP contribution in [-0.4, -0.2) is 21.1 Å². The van der Waals surface area contributed by atoms with E-state index in [-0.39, 0.29) is 12.3 Å². The van der Waals surface area contributed by atoms with E-state index in [1.165, 1.54) is 24.2 Å². The van der Waals surface area contributed by atoms with Crippen LogP contribution in [0.4, 0.5) is 5.13 Å². The number of nitrogens with zero attached hydrogens (tertiary/aromatic N) is 3. The summed E-state index contributed by atoms with van der Waals surface area (Å²) in [5.41, 5.74) is 1.85. The first-order valence-electron chi connectivity index (χ1n) is 7.41. The van der Waals surface area contributed by atoms with Crippen molar-refractivity contribution in [2.75, 3.05) is 5.32 Å². The van der Waals surface area contributed by atoms with Crippen LogP contribution in [0.5, 0.6) is 0 Å². The average molecular weight is 342 g/mol. The van der Waals surface area contributed by atoms with E-state index in [1.807, 2.05) is 35.7 Å². The molecule has 0 atom stereocenters. The zero-order valence-corrected chi connectivity index (χ0v) is 13.9. The second-order valence-electron chi connectivity index (χ2n) is 5.45. The first-order chi connectivity index (χ1) is 11.3. The van der Waals surface area contributed by atoms with E-state index >= 15 is 0 Å². The molecular formula is C16H14N4OS2. The second-order valence-corrected chi connectivity index (χ2v) is 7.32. The quantitative estimate of drug-likeness (QED) is 0.767. The highest BCUT2D eigenvalue weighted by Crippen LogP contribution is 2.42. The van der Waals surface area contributed by atoms with Crippen molar-refractivity contribution in [3.8, 4) is 10.6 Å². The van der Waals surface area contributed by atoms with Crippen molar-refractivity contribution in [2.24, 2.45) is 0 Å². The highest BCUT2D eigenvalue weighted by atomic mass is 32.1. The predicted molar refractivity (Wildman–Crippen MR) is 91.8 cm³/mol. The molecule has 0 saturated heterocycles. The van der Waals surface area contributed by atoms with Gasteiger partial charge >= 0.3 is 0 Å². The highest BCUT2D eigenvalue weighted by Gasteiger charge is 2.27. The van der Waals surface area contributed by atoms with Crippen molar-refractivity contribution in [1.82, 2.24) is 15.2 Å². The molecule has 3 aromatic rings. The number of carbonyl (C=O) groups is 1. The molecule has 2 heterocycles. The van der Waals surface area contributed by atoms with Crippen LogP contribution in [0.2, 0.25) is 0 Å². The first-order valence-corrected chi connectivity index (χ1v) is 9.10. The number of hydrogen-bond donors (Lipinski definition) is 1. The predicted octanol–water partition coefficient (Wildman–Crippen LogP) is 3.72. The molecule has 1 aliphatic rings. The van der Waals surface area contributed by atoms with Crippen molar-refractivity contribution in [3.63, 3.8) is 0 Å². The van der Waals surface area contributed by atoms with Crippen molar-refractivity contribution in [2.45, 2.75) is 25.2 Å². The lowest BCUT2D eigenvalue weighted by Gasteiger charge is -1.98. The first kappa shape index (κ1) is 14.5. The van der Waals surface area contributed by atoms with Crippen LogP contribution in [0, 0.1) is 0 Å². The van der Waals surface area contributed by atoms with Crippen molar-refractivity contribution in [3.05, 3.63) is 46.4 Å². The molecule has 23 heavy (non-hydrogen) atoms. The zero-order chi connectivity index (χ0) is 15.6. The third kappa shape index (κ3) is 3.46. The van der Waals surface area contributed by atoms with E-state index in [1.54, 1.807) is 11.3 Å². The molecule has 0 radical (unpaired) electrons. The summed E-state index contributed by atoms with van der Waals surface area (Å²) in [6.45, 7) is 0. The third-order valence-corrected chi connectivity index (χ3v) is 5.47. The van der Waals surface area contributed by atoms with Crippen LogP contribution in [-0.2, 0) is 11.2 Å². The molecule has 4 rings (SSSR count). The molecule has 1 fully saturated rings. The lowest BCUT2D eigenvalue weighted by Crippen LogP contribution is -2.14. The smallest absolute Gasteiger partial charge is 0.232 e. The van der Waals surface area contributed by atoms with Crippen molar-refractivity contribution >= 4 is 33.7 Å². The van der Waals surface area contributed by atoms with Gasteiger partial charge in [-0.1, -0.05) is 41.7 Å². The maximum absolute atomic E-state index is 12.1. The number of carbonyl (C=O) groups excluding carboxylic acids is 1. The molecule has 116 valence electrons. The van der Waals surface area contributed by atoms with E-state index < -0.39 is 0 Å². The van der Waals surface area contributed by atoms with Gasteiger partial charge in [-0.05, 0) is 12.8 Å². The Balaban J connectivity index is 1.39. The standard InChI is InChI=1S/C16H14N4OS2/c21-13(18-16-20-19-15(23-16)11-6-7-11)8-12-9-22-14(17-12)10-4-2-1-3-5-10/h1-5,9,11H,6-8H2,(H,18,20,21). The molecule has 1 aromatic carbocycles. The lowest BCUT2D eigenvalue weighted by molar-refractivity contribution is -0.115. The molecule has 2 aromatic heterocycles. The number of rotatable bonds is 5. The van der Waals surface area contributed by atoms with Gasteiger partial charge in [-0.15, -0.1) is 21.5 Å². The third-order valence-electron chi connectivity index (χ3n) is 3.53. The van der Waals surface area contributed by atoms with Gasteiger partial charge < -0.3 is 5.32 Å². The number of benzene rings is 1. The van der Waals surface area contributed by atoms with Crippen LogP contribution < -0.4 is 5.32 Å². The number of amides is 1. The van der Waals surface area contributed by atoms with Crippen LogP contribution >= 0.6 is 22.7 Å². The lowest BCUT2D eigenvalue weighted by atomic mass is 10.2. The Morgan fingerprint density at radius 3 is 2.83 bits per heavy atom. The number of anilines is 1. The number of aromatic nitrogens is 3. The average Bonchev–Trinajstić information content (AvgIpc) is 3.14. The molecule has 7 heteroatoms. The Labute approximate surface area is 141 Å². The SMILES string of the molecule is O=C(Cc1csc(-c2ccccc2)n1)Nc1nnc(C2CC2)s1. The maximum atomic E-state index is 12.1. The highest BCUT2D eigenvalue weighted by molar-refractivity contribution is 7.15. The fraction of sp³-hybridized carbons (Fsp3) is 0.250. The monoisotopic (exact) mass is 342 g/mol. The summed E-state index contributed by atoms with van der Waals surface area (Å²) < 4.78 is 0. The van der Waals surface area contributed by atoms with E-state index in [0.29, 0.717) is 11.0 Å².